The minimum Gasteiger partial charge on any atom is -0.484 e. The van der Waals surface area contributed by atoms with Gasteiger partial charge in [-0.1, -0.05) is 48.5 Å². The molecule has 0 unspecified atom stereocenters. The molecule has 0 radical (unpaired) electrons. The number of carbonyl (C=O) groups is 1. The first kappa shape index (κ1) is 17.7. The van der Waals surface area contributed by atoms with E-state index >= 15 is 0 Å². The molecular weight excluding hydrogens is 484 g/mol. The van der Waals surface area contributed by atoms with Crippen molar-refractivity contribution in [3.05, 3.63) is 69.6 Å². The van der Waals surface area contributed by atoms with Crippen molar-refractivity contribution in [2.45, 2.75) is 0 Å². The molecule has 28 heavy (non-hydrogen) atoms. The summed E-state index contributed by atoms with van der Waals surface area (Å²) in [5.41, 5.74) is 1.85. The van der Waals surface area contributed by atoms with Crippen LogP contribution in [-0.4, -0.2) is 19.0 Å². The molecule has 0 saturated heterocycles. The van der Waals surface area contributed by atoms with Crippen molar-refractivity contribution < 1.29 is 14.3 Å². The Morgan fingerprint density at radius 1 is 0.679 bits per heavy atom. The van der Waals surface area contributed by atoms with Gasteiger partial charge in [-0.3, -0.25) is 4.79 Å². The summed E-state index contributed by atoms with van der Waals surface area (Å²) in [6.07, 6.45) is 0. The highest BCUT2D eigenvalue weighted by Crippen LogP contribution is 2.50. The van der Waals surface area contributed by atoms with Gasteiger partial charge in [0.1, 0.15) is 11.5 Å². The van der Waals surface area contributed by atoms with Crippen molar-refractivity contribution in [1.82, 2.24) is 0 Å². The van der Waals surface area contributed by atoms with Crippen molar-refractivity contribution >= 4 is 59.2 Å². The van der Waals surface area contributed by atoms with Crippen molar-refractivity contribution in [2.75, 3.05) is 13.2 Å². The third-order valence-electron chi connectivity index (χ3n) is 4.92. The minimum absolute atomic E-state index is 0.0342. The van der Waals surface area contributed by atoms with E-state index in [1.807, 2.05) is 36.4 Å². The van der Waals surface area contributed by atoms with E-state index in [-0.39, 0.29) is 19.0 Å². The van der Waals surface area contributed by atoms with E-state index in [4.69, 9.17) is 9.47 Å². The second-order valence-electron chi connectivity index (χ2n) is 6.68. The van der Waals surface area contributed by atoms with Gasteiger partial charge in [0.2, 0.25) is 5.78 Å². The number of fused-ring (bicyclic) bond motifs is 7. The standard InChI is InChI=1S/C23H14Br2O3/c24-18-9-13-5-1-3-7-16(13)20-21-17-8-4-2-6-14(17)10-19(25)23(21)28-12-15(26)11-27-22(18)20/h1-10H,11-12H2. The molecule has 3 nitrogen and oxygen atoms in total. The lowest BCUT2D eigenvalue weighted by atomic mass is 9.92. The maximum Gasteiger partial charge on any atom is 0.207 e. The van der Waals surface area contributed by atoms with Crippen LogP contribution < -0.4 is 9.47 Å². The smallest absolute Gasteiger partial charge is 0.207 e. The topological polar surface area (TPSA) is 35.5 Å². The van der Waals surface area contributed by atoms with Crippen LogP contribution in [0.15, 0.2) is 69.6 Å². The Bertz CT molecular complexity index is 1170. The van der Waals surface area contributed by atoms with E-state index in [9.17, 15) is 4.79 Å². The monoisotopic (exact) mass is 496 g/mol. The summed E-state index contributed by atoms with van der Waals surface area (Å²) in [5.74, 6) is 1.20. The van der Waals surface area contributed by atoms with E-state index in [1.165, 1.54) is 0 Å². The maximum absolute atomic E-state index is 12.3. The Hall–Kier alpha value is -2.37. The third-order valence-corrected chi connectivity index (χ3v) is 6.10. The lowest BCUT2D eigenvalue weighted by Crippen LogP contribution is -2.18. The predicted octanol–water partition coefficient (Wildman–Crippen LogP) is 6.53. The van der Waals surface area contributed by atoms with Crippen LogP contribution in [0.2, 0.25) is 0 Å². The molecule has 0 aromatic heterocycles. The van der Waals surface area contributed by atoms with Crippen molar-refractivity contribution in [3.63, 3.8) is 0 Å². The van der Waals surface area contributed by atoms with Gasteiger partial charge in [0.05, 0.1) is 8.95 Å². The summed E-state index contributed by atoms with van der Waals surface area (Å²) in [7, 11) is 0. The van der Waals surface area contributed by atoms with E-state index in [2.05, 4.69) is 56.1 Å². The van der Waals surface area contributed by atoms with Crippen molar-refractivity contribution in [1.29, 1.82) is 0 Å². The van der Waals surface area contributed by atoms with Crippen molar-refractivity contribution in [3.8, 4) is 22.6 Å². The van der Waals surface area contributed by atoms with Gasteiger partial charge >= 0.3 is 0 Å². The van der Waals surface area contributed by atoms with Gasteiger partial charge in [-0.15, -0.1) is 0 Å². The number of hydrogen-bond acceptors (Lipinski definition) is 3. The van der Waals surface area contributed by atoms with Gasteiger partial charge in [-0.2, -0.15) is 0 Å². The Morgan fingerprint density at radius 2 is 1.11 bits per heavy atom. The second kappa shape index (κ2) is 6.90. The van der Waals surface area contributed by atoms with Gasteiger partial charge in [0.25, 0.3) is 0 Å². The SMILES string of the molecule is O=C1COc2c(Br)cc3ccccc3c2-c2c(c(Br)cc3ccccc23)OC1. The fourth-order valence-electron chi connectivity index (χ4n) is 3.71. The molecule has 5 heteroatoms. The quantitative estimate of drug-likeness (QED) is 0.277. The van der Waals surface area contributed by atoms with Crippen LogP contribution in [0.4, 0.5) is 0 Å². The highest BCUT2D eigenvalue weighted by Gasteiger charge is 2.25. The normalized spacial score (nSPS) is 13.7. The average Bonchev–Trinajstić information content (AvgIpc) is 2.77. The van der Waals surface area contributed by atoms with Gasteiger partial charge in [0, 0.05) is 11.1 Å². The van der Waals surface area contributed by atoms with E-state index in [0.717, 1.165) is 41.6 Å². The van der Waals surface area contributed by atoms with Crippen LogP contribution in [0.5, 0.6) is 11.5 Å². The van der Waals surface area contributed by atoms with Gasteiger partial charge in [-0.25, -0.2) is 0 Å². The number of carbonyl (C=O) groups excluding carboxylic acids is 1. The molecule has 138 valence electrons. The number of Topliss-reactive ketones (excluding diaryl/α,β-unsaturated/α-hetero) is 1. The average molecular weight is 498 g/mol. The molecular formula is C23H14Br2O3. The summed E-state index contributed by atoms with van der Waals surface area (Å²) in [5, 5.41) is 4.25. The molecule has 0 aliphatic carbocycles. The van der Waals surface area contributed by atoms with Gasteiger partial charge in [-0.05, 0) is 65.5 Å². The Morgan fingerprint density at radius 3 is 1.57 bits per heavy atom. The number of benzene rings is 4. The van der Waals surface area contributed by atoms with E-state index < -0.39 is 0 Å². The first-order valence-electron chi connectivity index (χ1n) is 8.83. The minimum atomic E-state index is -0.112. The summed E-state index contributed by atoms with van der Waals surface area (Å²) in [6.45, 7) is -0.0685. The van der Waals surface area contributed by atoms with Gasteiger partial charge < -0.3 is 9.47 Å². The number of hydrogen-bond donors (Lipinski definition) is 0. The molecule has 4 aromatic rings. The molecule has 0 bridgehead atoms. The molecule has 1 aliphatic rings. The largest absolute Gasteiger partial charge is 0.484 e. The molecule has 4 aromatic carbocycles. The zero-order chi connectivity index (χ0) is 19.3. The predicted molar refractivity (Wildman–Crippen MR) is 118 cm³/mol. The van der Waals surface area contributed by atoms with Crippen LogP contribution in [0.25, 0.3) is 32.7 Å². The molecule has 0 saturated carbocycles. The Balaban J connectivity index is 2.02. The fraction of sp³-hybridized carbons (Fsp3) is 0.0870. The number of halogens is 2. The summed E-state index contributed by atoms with van der Waals surface area (Å²) < 4.78 is 13.6. The maximum atomic E-state index is 12.3. The number of ether oxygens (including phenoxy) is 2. The summed E-state index contributed by atoms with van der Waals surface area (Å²) in [4.78, 5) is 12.3. The summed E-state index contributed by atoms with van der Waals surface area (Å²) in [6, 6.07) is 20.4. The highest BCUT2D eigenvalue weighted by molar-refractivity contribution is 9.11. The second-order valence-corrected chi connectivity index (χ2v) is 8.39. The van der Waals surface area contributed by atoms with E-state index in [1.54, 1.807) is 0 Å². The van der Waals surface area contributed by atoms with Crippen LogP contribution in [0, 0.1) is 0 Å². The van der Waals surface area contributed by atoms with Crippen LogP contribution in [-0.2, 0) is 4.79 Å². The first-order valence-corrected chi connectivity index (χ1v) is 10.4. The molecule has 1 heterocycles. The molecule has 0 N–H and O–H groups in total. The van der Waals surface area contributed by atoms with Gasteiger partial charge in [0.15, 0.2) is 13.2 Å². The molecule has 0 atom stereocenters. The number of ketones is 1. The van der Waals surface area contributed by atoms with Crippen molar-refractivity contribution in [2.24, 2.45) is 0 Å². The Kier molecular flexibility index (Phi) is 4.37. The Labute approximate surface area is 178 Å². The molecule has 1 aliphatic heterocycles. The molecule has 0 amide bonds. The zero-order valence-corrected chi connectivity index (χ0v) is 17.8. The number of rotatable bonds is 0. The lowest BCUT2D eigenvalue weighted by molar-refractivity contribution is -0.122. The first-order chi connectivity index (χ1) is 13.6. The van der Waals surface area contributed by atoms with E-state index in [0.29, 0.717) is 11.5 Å². The highest BCUT2D eigenvalue weighted by atomic mass is 79.9. The fourth-order valence-corrected chi connectivity index (χ4v) is 4.83. The molecule has 5 rings (SSSR count). The van der Waals surface area contributed by atoms with Crippen LogP contribution in [0.3, 0.4) is 0 Å². The third kappa shape index (κ3) is 2.81. The summed E-state index contributed by atoms with van der Waals surface area (Å²) >= 11 is 7.31. The lowest BCUT2D eigenvalue weighted by Gasteiger charge is -2.19. The zero-order valence-electron chi connectivity index (χ0n) is 14.7. The van der Waals surface area contributed by atoms with Crippen LogP contribution in [0.1, 0.15) is 0 Å². The molecule has 0 fully saturated rings. The molecule has 0 spiro atoms. The van der Waals surface area contributed by atoms with Crippen LogP contribution >= 0.6 is 31.9 Å².